The summed E-state index contributed by atoms with van der Waals surface area (Å²) in [5.74, 6) is 0. The standard InChI is InChI=1S/C14H18N2O/c1-2-8-17-10-13(15)11-5-6-14-12(9-11)4-3-7-16-14/h3-7,9,13H,2,8,10,15H2,1H3. The normalized spacial score (nSPS) is 12.8. The maximum Gasteiger partial charge on any atom is 0.0702 e. The van der Waals surface area contributed by atoms with Crippen molar-refractivity contribution >= 4 is 10.9 Å². The van der Waals surface area contributed by atoms with Crippen LogP contribution in [0.3, 0.4) is 0 Å². The molecule has 3 heteroatoms. The first-order valence-electron chi connectivity index (χ1n) is 5.99. The second kappa shape index (κ2) is 5.75. The van der Waals surface area contributed by atoms with Crippen LogP contribution in [0.4, 0.5) is 0 Å². The number of fused-ring (bicyclic) bond motifs is 1. The fraction of sp³-hybridized carbons (Fsp3) is 0.357. The molecule has 0 saturated carbocycles. The molecule has 0 amide bonds. The lowest BCUT2D eigenvalue weighted by atomic mass is 10.1. The van der Waals surface area contributed by atoms with Crippen LogP contribution in [0.25, 0.3) is 10.9 Å². The topological polar surface area (TPSA) is 48.1 Å². The minimum atomic E-state index is -0.0637. The van der Waals surface area contributed by atoms with Crippen LogP contribution in [0.2, 0.25) is 0 Å². The van der Waals surface area contributed by atoms with E-state index in [1.165, 1.54) is 0 Å². The first kappa shape index (κ1) is 12.0. The summed E-state index contributed by atoms with van der Waals surface area (Å²) in [7, 11) is 0. The molecule has 3 nitrogen and oxygen atoms in total. The molecule has 0 bridgehead atoms. The summed E-state index contributed by atoms with van der Waals surface area (Å²) in [6, 6.07) is 10.0. The van der Waals surface area contributed by atoms with E-state index in [4.69, 9.17) is 10.5 Å². The molecule has 1 aromatic carbocycles. The summed E-state index contributed by atoms with van der Waals surface area (Å²) >= 11 is 0. The Bertz CT molecular complexity index is 484. The number of pyridine rings is 1. The number of rotatable bonds is 5. The van der Waals surface area contributed by atoms with Crippen molar-refractivity contribution in [2.24, 2.45) is 5.73 Å². The smallest absolute Gasteiger partial charge is 0.0702 e. The van der Waals surface area contributed by atoms with Crippen molar-refractivity contribution in [1.29, 1.82) is 0 Å². The van der Waals surface area contributed by atoms with E-state index in [1.807, 2.05) is 24.3 Å². The molecule has 0 spiro atoms. The van der Waals surface area contributed by atoms with Gasteiger partial charge in [0.05, 0.1) is 18.2 Å². The average molecular weight is 230 g/mol. The van der Waals surface area contributed by atoms with Gasteiger partial charge in [-0.05, 0) is 30.2 Å². The first-order valence-corrected chi connectivity index (χ1v) is 5.99. The predicted molar refractivity (Wildman–Crippen MR) is 69.8 cm³/mol. The Hall–Kier alpha value is -1.45. The predicted octanol–water partition coefficient (Wildman–Crippen LogP) is 2.66. The van der Waals surface area contributed by atoms with E-state index < -0.39 is 0 Å². The molecule has 0 fully saturated rings. The van der Waals surface area contributed by atoms with Gasteiger partial charge in [0.15, 0.2) is 0 Å². The Kier molecular flexibility index (Phi) is 4.07. The summed E-state index contributed by atoms with van der Waals surface area (Å²) in [4.78, 5) is 4.29. The number of ether oxygens (including phenoxy) is 1. The number of benzene rings is 1. The molecule has 1 atom stereocenters. The third-order valence-electron chi connectivity index (χ3n) is 2.70. The first-order chi connectivity index (χ1) is 8.31. The molecule has 0 saturated heterocycles. The van der Waals surface area contributed by atoms with Crippen LogP contribution in [0.5, 0.6) is 0 Å². The van der Waals surface area contributed by atoms with Crippen LogP contribution in [0, 0.1) is 0 Å². The highest BCUT2D eigenvalue weighted by Crippen LogP contribution is 2.17. The fourth-order valence-electron chi connectivity index (χ4n) is 1.78. The lowest BCUT2D eigenvalue weighted by molar-refractivity contribution is 0.121. The van der Waals surface area contributed by atoms with Crippen molar-refractivity contribution < 1.29 is 4.74 Å². The minimum absolute atomic E-state index is 0.0637. The van der Waals surface area contributed by atoms with Crippen molar-refractivity contribution in [1.82, 2.24) is 4.98 Å². The van der Waals surface area contributed by atoms with Gasteiger partial charge in [-0.25, -0.2) is 0 Å². The van der Waals surface area contributed by atoms with E-state index in [9.17, 15) is 0 Å². The Balaban J connectivity index is 2.12. The van der Waals surface area contributed by atoms with E-state index in [1.54, 1.807) is 6.20 Å². The zero-order chi connectivity index (χ0) is 12.1. The van der Waals surface area contributed by atoms with Crippen LogP contribution >= 0.6 is 0 Å². The van der Waals surface area contributed by atoms with E-state index in [0.29, 0.717) is 6.61 Å². The highest BCUT2D eigenvalue weighted by atomic mass is 16.5. The number of hydrogen-bond donors (Lipinski definition) is 1. The van der Waals surface area contributed by atoms with E-state index >= 15 is 0 Å². The molecule has 2 rings (SSSR count). The molecule has 0 aliphatic carbocycles. The summed E-state index contributed by atoms with van der Waals surface area (Å²) in [5.41, 5.74) is 8.18. The minimum Gasteiger partial charge on any atom is -0.379 e. The molecule has 0 radical (unpaired) electrons. The zero-order valence-corrected chi connectivity index (χ0v) is 10.1. The zero-order valence-electron chi connectivity index (χ0n) is 10.1. The van der Waals surface area contributed by atoms with Crippen molar-refractivity contribution in [3.05, 3.63) is 42.1 Å². The Labute approximate surface area is 102 Å². The highest BCUT2D eigenvalue weighted by Gasteiger charge is 2.06. The number of nitrogens with two attached hydrogens (primary N) is 1. The molecule has 0 aliphatic heterocycles. The molecule has 2 aromatic rings. The number of aromatic nitrogens is 1. The van der Waals surface area contributed by atoms with Gasteiger partial charge in [0, 0.05) is 18.2 Å². The third kappa shape index (κ3) is 3.02. The Morgan fingerprint density at radius 3 is 3.06 bits per heavy atom. The summed E-state index contributed by atoms with van der Waals surface area (Å²) < 4.78 is 5.47. The van der Waals surface area contributed by atoms with Crippen molar-refractivity contribution in [2.45, 2.75) is 19.4 Å². The van der Waals surface area contributed by atoms with Gasteiger partial charge in [-0.3, -0.25) is 4.98 Å². The van der Waals surface area contributed by atoms with Gasteiger partial charge >= 0.3 is 0 Å². The molecule has 1 unspecified atom stereocenters. The van der Waals surface area contributed by atoms with E-state index in [2.05, 4.69) is 18.0 Å². The average Bonchev–Trinajstić information content (AvgIpc) is 2.38. The number of hydrogen-bond acceptors (Lipinski definition) is 3. The molecule has 0 aliphatic rings. The van der Waals surface area contributed by atoms with Crippen LogP contribution in [-0.2, 0) is 4.74 Å². The van der Waals surface area contributed by atoms with E-state index in [0.717, 1.165) is 29.5 Å². The van der Waals surface area contributed by atoms with Crippen molar-refractivity contribution in [2.75, 3.05) is 13.2 Å². The summed E-state index contributed by atoms with van der Waals surface area (Å²) in [5, 5.41) is 1.12. The SMILES string of the molecule is CCCOCC(N)c1ccc2ncccc2c1. The van der Waals surface area contributed by atoms with Crippen LogP contribution in [-0.4, -0.2) is 18.2 Å². The largest absolute Gasteiger partial charge is 0.379 e. The maximum absolute atomic E-state index is 6.08. The Morgan fingerprint density at radius 1 is 1.35 bits per heavy atom. The Morgan fingerprint density at radius 2 is 2.24 bits per heavy atom. The van der Waals surface area contributed by atoms with E-state index in [-0.39, 0.29) is 6.04 Å². The second-order valence-electron chi connectivity index (χ2n) is 4.14. The van der Waals surface area contributed by atoms with Crippen LogP contribution in [0.1, 0.15) is 24.9 Å². The lowest BCUT2D eigenvalue weighted by Crippen LogP contribution is -2.17. The molecule has 17 heavy (non-hydrogen) atoms. The third-order valence-corrected chi connectivity index (χ3v) is 2.70. The molecule has 2 N–H and O–H groups in total. The second-order valence-corrected chi connectivity index (χ2v) is 4.14. The van der Waals surface area contributed by atoms with Crippen molar-refractivity contribution in [3.8, 4) is 0 Å². The number of nitrogens with zero attached hydrogens (tertiary/aromatic N) is 1. The van der Waals surface area contributed by atoms with Gasteiger partial charge in [0.1, 0.15) is 0 Å². The molecule has 1 aromatic heterocycles. The van der Waals surface area contributed by atoms with Gasteiger partial charge < -0.3 is 10.5 Å². The van der Waals surface area contributed by atoms with Gasteiger partial charge in [-0.2, -0.15) is 0 Å². The molecule has 1 heterocycles. The molecule has 90 valence electrons. The fourth-order valence-corrected chi connectivity index (χ4v) is 1.78. The van der Waals surface area contributed by atoms with Crippen LogP contribution in [0.15, 0.2) is 36.5 Å². The van der Waals surface area contributed by atoms with Gasteiger partial charge in [-0.15, -0.1) is 0 Å². The quantitative estimate of drug-likeness (QED) is 0.803. The molecular weight excluding hydrogens is 212 g/mol. The van der Waals surface area contributed by atoms with Crippen molar-refractivity contribution in [3.63, 3.8) is 0 Å². The summed E-state index contributed by atoms with van der Waals surface area (Å²) in [6.45, 7) is 3.43. The monoisotopic (exact) mass is 230 g/mol. The van der Waals surface area contributed by atoms with Gasteiger partial charge in [-0.1, -0.05) is 19.1 Å². The summed E-state index contributed by atoms with van der Waals surface area (Å²) in [6.07, 6.45) is 2.82. The van der Waals surface area contributed by atoms with Crippen LogP contribution < -0.4 is 5.73 Å². The maximum atomic E-state index is 6.08. The van der Waals surface area contributed by atoms with Gasteiger partial charge in [0.25, 0.3) is 0 Å². The lowest BCUT2D eigenvalue weighted by Gasteiger charge is -2.12. The van der Waals surface area contributed by atoms with Gasteiger partial charge in [0.2, 0.25) is 0 Å². The molecular formula is C14H18N2O. The highest BCUT2D eigenvalue weighted by molar-refractivity contribution is 5.79.